The quantitative estimate of drug-likeness (QED) is 0.774. The number of aliphatic hydroxyl groups is 1. The van der Waals surface area contributed by atoms with Crippen LogP contribution in [0.15, 0.2) is 0 Å². The molecular weight excluding hydrogens is 198 g/mol. The standard InChI is InChI=1S/C14H27NO/c16-14-9-8-12(10-14)11-15-13-6-4-2-1-3-5-7-13/h12-16H,1-11H2. The molecule has 2 atom stereocenters. The fraction of sp³-hybridized carbons (Fsp3) is 1.00. The summed E-state index contributed by atoms with van der Waals surface area (Å²) in [4.78, 5) is 0. The molecule has 2 heteroatoms. The monoisotopic (exact) mass is 225 g/mol. The van der Waals surface area contributed by atoms with Gasteiger partial charge < -0.3 is 10.4 Å². The Hall–Kier alpha value is -0.0800. The molecule has 0 heterocycles. The van der Waals surface area contributed by atoms with Crippen molar-refractivity contribution in [3.63, 3.8) is 0 Å². The van der Waals surface area contributed by atoms with Crippen molar-refractivity contribution in [2.24, 2.45) is 5.92 Å². The largest absolute Gasteiger partial charge is 0.393 e. The highest BCUT2D eigenvalue weighted by atomic mass is 16.3. The first-order valence-electron chi connectivity index (χ1n) is 7.26. The van der Waals surface area contributed by atoms with E-state index in [-0.39, 0.29) is 6.10 Å². The van der Waals surface area contributed by atoms with Crippen molar-refractivity contribution < 1.29 is 5.11 Å². The van der Waals surface area contributed by atoms with Gasteiger partial charge in [0.2, 0.25) is 0 Å². The molecule has 0 bridgehead atoms. The SMILES string of the molecule is OC1CCC(CNC2CCCCCCC2)C1. The van der Waals surface area contributed by atoms with Gasteiger partial charge in [0, 0.05) is 6.04 Å². The fourth-order valence-corrected chi connectivity index (χ4v) is 3.23. The average Bonchev–Trinajstić information content (AvgIpc) is 2.63. The van der Waals surface area contributed by atoms with Gasteiger partial charge in [0.05, 0.1) is 6.10 Å². The molecule has 2 saturated carbocycles. The number of hydrogen-bond acceptors (Lipinski definition) is 2. The smallest absolute Gasteiger partial charge is 0.0543 e. The summed E-state index contributed by atoms with van der Waals surface area (Å²) in [6.45, 7) is 1.14. The maximum atomic E-state index is 9.49. The number of rotatable bonds is 3. The van der Waals surface area contributed by atoms with Gasteiger partial charge in [-0.15, -0.1) is 0 Å². The Bertz CT molecular complexity index is 187. The van der Waals surface area contributed by atoms with Crippen molar-refractivity contribution in [3.05, 3.63) is 0 Å². The lowest BCUT2D eigenvalue weighted by Gasteiger charge is -2.22. The zero-order valence-corrected chi connectivity index (χ0v) is 10.5. The Morgan fingerprint density at radius 3 is 2.19 bits per heavy atom. The van der Waals surface area contributed by atoms with Crippen LogP contribution in [0.1, 0.15) is 64.2 Å². The van der Waals surface area contributed by atoms with Crippen LogP contribution >= 0.6 is 0 Å². The molecule has 0 amide bonds. The highest BCUT2D eigenvalue weighted by molar-refractivity contribution is 4.78. The van der Waals surface area contributed by atoms with Gasteiger partial charge in [0.1, 0.15) is 0 Å². The molecule has 0 radical (unpaired) electrons. The predicted molar refractivity (Wildman–Crippen MR) is 67.5 cm³/mol. The lowest BCUT2D eigenvalue weighted by Crippen LogP contribution is -2.33. The van der Waals surface area contributed by atoms with Gasteiger partial charge in [-0.1, -0.05) is 32.1 Å². The number of nitrogens with one attached hydrogen (secondary N) is 1. The normalized spacial score (nSPS) is 33.6. The van der Waals surface area contributed by atoms with Crippen LogP contribution in [0.4, 0.5) is 0 Å². The van der Waals surface area contributed by atoms with Crippen molar-refractivity contribution in [1.82, 2.24) is 5.32 Å². The van der Waals surface area contributed by atoms with Crippen LogP contribution in [-0.4, -0.2) is 23.8 Å². The van der Waals surface area contributed by atoms with E-state index in [4.69, 9.17) is 0 Å². The highest BCUT2D eigenvalue weighted by Gasteiger charge is 2.23. The summed E-state index contributed by atoms with van der Waals surface area (Å²) in [6, 6.07) is 0.762. The molecule has 94 valence electrons. The zero-order valence-electron chi connectivity index (χ0n) is 10.5. The van der Waals surface area contributed by atoms with Crippen LogP contribution in [-0.2, 0) is 0 Å². The predicted octanol–water partition coefficient (Wildman–Crippen LogP) is 2.85. The Kier molecular flexibility index (Phi) is 5.11. The second-order valence-corrected chi connectivity index (χ2v) is 5.78. The van der Waals surface area contributed by atoms with Crippen LogP contribution in [0, 0.1) is 5.92 Å². The maximum Gasteiger partial charge on any atom is 0.0543 e. The van der Waals surface area contributed by atoms with Crippen molar-refractivity contribution in [3.8, 4) is 0 Å². The summed E-state index contributed by atoms with van der Waals surface area (Å²) in [5, 5.41) is 13.2. The maximum absolute atomic E-state index is 9.49. The summed E-state index contributed by atoms with van der Waals surface area (Å²) in [5.41, 5.74) is 0. The topological polar surface area (TPSA) is 32.3 Å². The van der Waals surface area contributed by atoms with Crippen LogP contribution in [0.2, 0.25) is 0 Å². The lowest BCUT2D eigenvalue weighted by atomic mass is 9.96. The summed E-state index contributed by atoms with van der Waals surface area (Å²) in [6.07, 6.45) is 13.1. The van der Waals surface area contributed by atoms with Gasteiger partial charge in [-0.2, -0.15) is 0 Å². The molecule has 2 unspecified atom stereocenters. The fourth-order valence-electron chi connectivity index (χ4n) is 3.23. The third kappa shape index (κ3) is 4.06. The minimum absolute atomic E-state index is 0.0101. The second kappa shape index (κ2) is 6.61. The minimum atomic E-state index is -0.0101. The van der Waals surface area contributed by atoms with Gasteiger partial charge >= 0.3 is 0 Å². The Morgan fingerprint density at radius 2 is 1.56 bits per heavy atom. The number of hydrogen-bond donors (Lipinski definition) is 2. The van der Waals surface area contributed by atoms with Gasteiger partial charge in [0.25, 0.3) is 0 Å². The van der Waals surface area contributed by atoms with E-state index in [9.17, 15) is 5.11 Å². The van der Waals surface area contributed by atoms with E-state index in [0.29, 0.717) is 0 Å². The van der Waals surface area contributed by atoms with Gasteiger partial charge in [-0.05, 0) is 44.6 Å². The molecule has 2 aliphatic rings. The van der Waals surface area contributed by atoms with Crippen molar-refractivity contribution in [2.75, 3.05) is 6.54 Å². The van der Waals surface area contributed by atoms with Crippen LogP contribution in [0.5, 0.6) is 0 Å². The molecule has 0 saturated heterocycles. The first-order valence-corrected chi connectivity index (χ1v) is 7.26. The Balaban J connectivity index is 1.63. The lowest BCUT2D eigenvalue weighted by molar-refractivity contribution is 0.177. The van der Waals surface area contributed by atoms with Gasteiger partial charge in [-0.25, -0.2) is 0 Å². The molecular formula is C14H27NO. The van der Waals surface area contributed by atoms with E-state index in [1.54, 1.807) is 0 Å². The van der Waals surface area contributed by atoms with Crippen molar-refractivity contribution >= 4 is 0 Å². The Labute approximate surface area is 99.8 Å². The van der Waals surface area contributed by atoms with Crippen molar-refractivity contribution in [2.45, 2.75) is 76.4 Å². The number of aliphatic hydroxyl groups excluding tert-OH is 1. The first kappa shape index (κ1) is 12.4. The summed E-state index contributed by atoms with van der Waals surface area (Å²) in [5.74, 6) is 0.737. The van der Waals surface area contributed by atoms with E-state index < -0.39 is 0 Å². The molecule has 0 spiro atoms. The molecule has 2 fully saturated rings. The third-order valence-corrected chi connectivity index (χ3v) is 4.31. The average molecular weight is 225 g/mol. The zero-order chi connectivity index (χ0) is 11.2. The molecule has 0 aromatic rings. The van der Waals surface area contributed by atoms with Crippen LogP contribution in [0.25, 0.3) is 0 Å². The van der Waals surface area contributed by atoms with E-state index >= 15 is 0 Å². The van der Waals surface area contributed by atoms with Gasteiger partial charge in [0.15, 0.2) is 0 Å². The van der Waals surface area contributed by atoms with Crippen LogP contribution in [0.3, 0.4) is 0 Å². The summed E-state index contributed by atoms with van der Waals surface area (Å²) >= 11 is 0. The molecule has 2 N–H and O–H groups in total. The molecule has 0 aromatic heterocycles. The first-order chi connectivity index (χ1) is 7.84. The molecule has 2 rings (SSSR count). The molecule has 2 aliphatic carbocycles. The molecule has 0 aromatic carbocycles. The Morgan fingerprint density at radius 1 is 0.875 bits per heavy atom. The van der Waals surface area contributed by atoms with Crippen LogP contribution < -0.4 is 5.32 Å². The van der Waals surface area contributed by atoms with E-state index in [0.717, 1.165) is 31.3 Å². The highest BCUT2D eigenvalue weighted by Crippen LogP contribution is 2.25. The van der Waals surface area contributed by atoms with E-state index in [1.807, 2.05) is 0 Å². The third-order valence-electron chi connectivity index (χ3n) is 4.31. The molecule has 0 aliphatic heterocycles. The molecule has 2 nitrogen and oxygen atoms in total. The van der Waals surface area contributed by atoms with E-state index in [2.05, 4.69) is 5.32 Å². The second-order valence-electron chi connectivity index (χ2n) is 5.78. The van der Waals surface area contributed by atoms with Gasteiger partial charge in [-0.3, -0.25) is 0 Å². The van der Waals surface area contributed by atoms with Crippen molar-refractivity contribution in [1.29, 1.82) is 0 Å². The molecule has 16 heavy (non-hydrogen) atoms. The van der Waals surface area contributed by atoms with E-state index in [1.165, 1.54) is 51.4 Å². The minimum Gasteiger partial charge on any atom is -0.393 e. The summed E-state index contributed by atoms with van der Waals surface area (Å²) in [7, 11) is 0. The summed E-state index contributed by atoms with van der Waals surface area (Å²) < 4.78 is 0.